The number of ether oxygens (including phenoxy) is 2. The molecule has 5 nitrogen and oxygen atoms in total. The van der Waals surface area contributed by atoms with E-state index in [2.05, 4.69) is 19.2 Å². The van der Waals surface area contributed by atoms with E-state index < -0.39 is 6.04 Å². The molecule has 20 heavy (non-hydrogen) atoms. The fourth-order valence-corrected chi connectivity index (χ4v) is 2.36. The van der Waals surface area contributed by atoms with Crippen LogP contribution in [0.5, 0.6) is 0 Å². The normalized spacial score (nSPS) is 19.4. The summed E-state index contributed by atoms with van der Waals surface area (Å²) in [5.74, 6) is -0.00940. The number of rotatable bonds is 6. The van der Waals surface area contributed by atoms with Crippen LogP contribution in [-0.2, 0) is 19.1 Å². The first-order valence-corrected chi connectivity index (χ1v) is 7.48. The van der Waals surface area contributed by atoms with Crippen molar-refractivity contribution in [1.82, 2.24) is 5.32 Å². The zero-order valence-electron chi connectivity index (χ0n) is 13.0. The van der Waals surface area contributed by atoms with Crippen molar-refractivity contribution in [2.45, 2.75) is 59.1 Å². The molecule has 1 amide bonds. The summed E-state index contributed by atoms with van der Waals surface area (Å²) < 4.78 is 10.6. The van der Waals surface area contributed by atoms with Crippen LogP contribution in [0.1, 0.15) is 47.0 Å². The molecule has 1 heterocycles. The Balaban J connectivity index is 2.34. The lowest BCUT2D eigenvalue weighted by Crippen LogP contribution is -2.44. The van der Waals surface area contributed by atoms with Gasteiger partial charge in [-0.1, -0.05) is 13.8 Å². The molecule has 0 aromatic carbocycles. The molecule has 1 fully saturated rings. The lowest BCUT2D eigenvalue weighted by atomic mass is 9.99. The highest BCUT2D eigenvalue weighted by molar-refractivity contribution is 5.85. The Hall–Kier alpha value is -1.10. The average Bonchev–Trinajstić information content (AvgIpc) is 2.38. The van der Waals surface area contributed by atoms with Crippen molar-refractivity contribution < 1.29 is 19.1 Å². The van der Waals surface area contributed by atoms with Gasteiger partial charge in [0, 0.05) is 19.1 Å². The van der Waals surface area contributed by atoms with Crippen molar-refractivity contribution in [3.8, 4) is 0 Å². The summed E-state index contributed by atoms with van der Waals surface area (Å²) in [7, 11) is 0. The van der Waals surface area contributed by atoms with E-state index in [0.29, 0.717) is 19.1 Å². The molecule has 0 spiro atoms. The number of carbonyl (C=O) groups is 2. The van der Waals surface area contributed by atoms with Gasteiger partial charge in [-0.15, -0.1) is 0 Å². The second kappa shape index (κ2) is 8.25. The van der Waals surface area contributed by atoms with Crippen molar-refractivity contribution in [3.63, 3.8) is 0 Å². The van der Waals surface area contributed by atoms with Crippen LogP contribution in [0.3, 0.4) is 0 Å². The summed E-state index contributed by atoms with van der Waals surface area (Å²) in [6.07, 6.45) is 2.14. The van der Waals surface area contributed by atoms with Gasteiger partial charge in [-0.3, -0.25) is 4.79 Å². The van der Waals surface area contributed by atoms with E-state index in [4.69, 9.17) is 9.47 Å². The minimum atomic E-state index is -0.597. The van der Waals surface area contributed by atoms with Crippen molar-refractivity contribution in [2.24, 2.45) is 11.8 Å². The second-order valence-electron chi connectivity index (χ2n) is 5.99. The molecule has 1 rings (SSSR count). The number of amides is 1. The number of esters is 1. The largest absolute Gasteiger partial charge is 0.461 e. The topological polar surface area (TPSA) is 64.6 Å². The molecule has 1 aliphatic rings. The Bertz CT molecular complexity index is 324. The van der Waals surface area contributed by atoms with Crippen LogP contribution in [0.15, 0.2) is 0 Å². The monoisotopic (exact) mass is 285 g/mol. The summed E-state index contributed by atoms with van der Waals surface area (Å²) in [5.41, 5.74) is 0. The molecule has 0 unspecified atom stereocenters. The molecule has 0 bridgehead atoms. The van der Waals surface area contributed by atoms with Crippen molar-refractivity contribution in [2.75, 3.05) is 13.2 Å². The van der Waals surface area contributed by atoms with Crippen LogP contribution in [0.25, 0.3) is 0 Å². The molecule has 0 radical (unpaired) electrons. The van der Waals surface area contributed by atoms with Gasteiger partial charge in [-0.25, -0.2) is 4.79 Å². The second-order valence-corrected chi connectivity index (χ2v) is 5.99. The van der Waals surface area contributed by atoms with E-state index in [1.54, 1.807) is 6.92 Å². The number of carbonyl (C=O) groups excluding carboxylic acids is 2. The van der Waals surface area contributed by atoms with Gasteiger partial charge in [-0.2, -0.15) is 0 Å². The Morgan fingerprint density at radius 3 is 2.35 bits per heavy atom. The van der Waals surface area contributed by atoms with E-state index in [1.165, 1.54) is 0 Å². The Morgan fingerprint density at radius 2 is 1.80 bits per heavy atom. The first kappa shape index (κ1) is 17.0. The van der Waals surface area contributed by atoms with Crippen LogP contribution >= 0.6 is 0 Å². The smallest absolute Gasteiger partial charge is 0.328 e. The summed E-state index contributed by atoms with van der Waals surface area (Å²) in [5, 5.41) is 2.74. The summed E-state index contributed by atoms with van der Waals surface area (Å²) in [4.78, 5) is 23.9. The quantitative estimate of drug-likeness (QED) is 0.757. The molecule has 116 valence electrons. The SMILES string of the molecule is CC(C)C[C@@H](C)OC(=O)[C@@H](C)NC(=O)C1CCOCC1. The number of nitrogens with one attached hydrogen (secondary N) is 1. The molecular weight excluding hydrogens is 258 g/mol. The van der Waals surface area contributed by atoms with Gasteiger partial charge in [0.25, 0.3) is 0 Å². The molecule has 1 saturated heterocycles. The van der Waals surface area contributed by atoms with Crippen molar-refractivity contribution in [1.29, 1.82) is 0 Å². The highest BCUT2D eigenvalue weighted by Crippen LogP contribution is 2.15. The predicted octanol–water partition coefficient (Wildman–Crippen LogP) is 1.90. The minimum absolute atomic E-state index is 0.0490. The Labute approximate surface area is 121 Å². The maximum atomic E-state index is 12.0. The molecule has 0 aromatic heterocycles. The van der Waals surface area contributed by atoms with Crippen LogP contribution in [0, 0.1) is 11.8 Å². The zero-order valence-corrected chi connectivity index (χ0v) is 13.0. The highest BCUT2D eigenvalue weighted by atomic mass is 16.5. The predicted molar refractivity (Wildman–Crippen MR) is 76.2 cm³/mol. The molecule has 2 atom stereocenters. The number of hydrogen-bond donors (Lipinski definition) is 1. The standard InChI is InChI=1S/C15H27NO4/c1-10(2)9-11(3)20-15(18)12(4)16-14(17)13-5-7-19-8-6-13/h10-13H,5-9H2,1-4H3,(H,16,17)/t11-,12-/m1/s1. The summed E-state index contributed by atoms with van der Waals surface area (Å²) >= 11 is 0. The van der Waals surface area contributed by atoms with Gasteiger partial charge < -0.3 is 14.8 Å². The minimum Gasteiger partial charge on any atom is -0.461 e. The fraction of sp³-hybridized carbons (Fsp3) is 0.867. The maximum Gasteiger partial charge on any atom is 0.328 e. The Morgan fingerprint density at radius 1 is 1.20 bits per heavy atom. The van der Waals surface area contributed by atoms with E-state index in [-0.39, 0.29) is 23.9 Å². The van der Waals surface area contributed by atoms with Crippen LogP contribution in [-0.4, -0.2) is 37.2 Å². The lowest BCUT2D eigenvalue weighted by Gasteiger charge is -2.24. The number of hydrogen-bond acceptors (Lipinski definition) is 4. The zero-order chi connectivity index (χ0) is 15.1. The maximum absolute atomic E-state index is 12.0. The molecule has 1 N–H and O–H groups in total. The van der Waals surface area contributed by atoms with Gasteiger partial charge in [-0.05, 0) is 39.0 Å². The third kappa shape index (κ3) is 5.90. The molecule has 1 aliphatic heterocycles. The van der Waals surface area contributed by atoms with E-state index in [9.17, 15) is 9.59 Å². The third-order valence-electron chi connectivity index (χ3n) is 3.43. The molecule has 0 saturated carbocycles. The molecule has 0 aromatic rings. The van der Waals surface area contributed by atoms with E-state index >= 15 is 0 Å². The fourth-order valence-electron chi connectivity index (χ4n) is 2.36. The molecule has 0 aliphatic carbocycles. The van der Waals surface area contributed by atoms with Crippen LogP contribution in [0.2, 0.25) is 0 Å². The average molecular weight is 285 g/mol. The van der Waals surface area contributed by atoms with Gasteiger partial charge in [0.2, 0.25) is 5.91 Å². The lowest BCUT2D eigenvalue weighted by molar-refractivity contribution is -0.152. The first-order chi connectivity index (χ1) is 9.40. The van der Waals surface area contributed by atoms with Gasteiger partial charge >= 0.3 is 5.97 Å². The van der Waals surface area contributed by atoms with Gasteiger partial charge in [0.15, 0.2) is 0 Å². The molecular formula is C15H27NO4. The first-order valence-electron chi connectivity index (χ1n) is 7.48. The Kier molecular flexibility index (Phi) is 6.99. The van der Waals surface area contributed by atoms with Gasteiger partial charge in [0.05, 0.1) is 6.10 Å². The van der Waals surface area contributed by atoms with Gasteiger partial charge in [0.1, 0.15) is 6.04 Å². The van der Waals surface area contributed by atoms with Crippen LogP contribution < -0.4 is 5.32 Å². The molecule has 5 heteroatoms. The summed E-state index contributed by atoms with van der Waals surface area (Å²) in [6, 6.07) is -0.597. The van der Waals surface area contributed by atoms with Crippen molar-refractivity contribution >= 4 is 11.9 Å². The summed E-state index contributed by atoms with van der Waals surface area (Å²) in [6.45, 7) is 8.94. The van der Waals surface area contributed by atoms with E-state index in [0.717, 1.165) is 19.3 Å². The van der Waals surface area contributed by atoms with Crippen molar-refractivity contribution in [3.05, 3.63) is 0 Å². The highest BCUT2D eigenvalue weighted by Gasteiger charge is 2.26. The third-order valence-corrected chi connectivity index (χ3v) is 3.43. The van der Waals surface area contributed by atoms with E-state index in [1.807, 2.05) is 6.92 Å². The van der Waals surface area contributed by atoms with Crippen LogP contribution in [0.4, 0.5) is 0 Å².